The van der Waals surface area contributed by atoms with Crippen LogP contribution in [0.15, 0.2) is 6.33 Å². The molecule has 0 aromatic carbocycles. The molecule has 11 heavy (non-hydrogen) atoms. The highest BCUT2D eigenvalue weighted by atomic mass is 19.1. The fourth-order valence-corrected chi connectivity index (χ4v) is 0.828. The SMILES string of the molecule is Nc1nc(F)nc2nc[nH]c12. The van der Waals surface area contributed by atoms with E-state index in [1.54, 1.807) is 0 Å². The lowest BCUT2D eigenvalue weighted by Gasteiger charge is -1.91. The number of H-pyrrole nitrogens is 1. The number of anilines is 1. The van der Waals surface area contributed by atoms with Crippen molar-refractivity contribution in [2.45, 2.75) is 0 Å². The molecule has 0 atom stereocenters. The van der Waals surface area contributed by atoms with Gasteiger partial charge in [-0.05, 0) is 0 Å². The minimum atomic E-state index is -0.859. The molecule has 2 aromatic rings. The summed E-state index contributed by atoms with van der Waals surface area (Å²) in [4.78, 5) is 13.1. The van der Waals surface area contributed by atoms with Crippen LogP contribution in [0.1, 0.15) is 0 Å². The number of hydrogen-bond acceptors (Lipinski definition) is 4. The third-order valence-electron chi connectivity index (χ3n) is 1.29. The van der Waals surface area contributed by atoms with Crippen molar-refractivity contribution in [3.63, 3.8) is 0 Å². The molecule has 0 aliphatic heterocycles. The fourth-order valence-electron chi connectivity index (χ4n) is 0.828. The Labute approximate surface area is 60.5 Å². The Morgan fingerprint density at radius 1 is 1.45 bits per heavy atom. The molecular weight excluding hydrogens is 149 g/mol. The largest absolute Gasteiger partial charge is 0.382 e. The van der Waals surface area contributed by atoms with Gasteiger partial charge in [0.05, 0.1) is 6.33 Å². The maximum Gasteiger partial charge on any atom is 0.312 e. The number of nitrogens with zero attached hydrogens (tertiary/aromatic N) is 3. The maximum absolute atomic E-state index is 12.4. The summed E-state index contributed by atoms with van der Waals surface area (Å²) in [5, 5.41) is 0. The minimum absolute atomic E-state index is 0.0741. The van der Waals surface area contributed by atoms with Crippen LogP contribution in [0, 0.1) is 6.08 Å². The van der Waals surface area contributed by atoms with Crippen LogP contribution in [0.5, 0.6) is 0 Å². The Balaban J connectivity index is 2.91. The van der Waals surface area contributed by atoms with Crippen LogP contribution >= 0.6 is 0 Å². The first-order valence-electron chi connectivity index (χ1n) is 2.89. The summed E-state index contributed by atoms with van der Waals surface area (Å²) in [6.07, 6.45) is 0.525. The van der Waals surface area contributed by atoms with Crippen molar-refractivity contribution in [3.05, 3.63) is 12.4 Å². The number of nitrogens with one attached hydrogen (secondary N) is 1. The molecule has 2 aromatic heterocycles. The molecule has 0 saturated heterocycles. The number of rotatable bonds is 0. The van der Waals surface area contributed by atoms with Crippen molar-refractivity contribution < 1.29 is 4.39 Å². The van der Waals surface area contributed by atoms with E-state index < -0.39 is 6.08 Å². The zero-order chi connectivity index (χ0) is 7.84. The molecule has 56 valence electrons. The molecule has 0 unspecified atom stereocenters. The smallest absolute Gasteiger partial charge is 0.312 e. The van der Waals surface area contributed by atoms with Gasteiger partial charge in [0.2, 0.25) is 0 Å². The predicted octanol–water partition coefficient (Wildman–Crippen LogP) is 0.0742. The Kier molecular flexibility index (Phi) is 1.03. The number of aromatic amines is 1. The van der Waals surface area contributed by atoms with Gasteiger partial charge in [0.15, 0.2) is 11.5 Å². The van der Waals surface area contributed by atoms with E-state index in [2.05, 4.69) is 19.9 Å². The number of imidazole rings is 1. The monoisotopic (exact) mass is 153 g/mol. The van der Waals surface area contributed by atoms with Crippen LogP contribution in [-0.4, -0.2) is 19.9 Å². The highest BCUT2D eigenvalue weighted by molar-refractivity contribution is 5.80. The number of nitrogen functional groups attached to an aromatic ring is 1. The molecule has 0 aliphatic carbocycles. The summed E-state index contributed by atoms with van der Waals surface area (Å²) in [6.45, 7) is 0. The Morgan fingerprint density at radius 3 is 3.09 bits per heavy atom. The van der Waals surface area contributed by atoms with Gasteiger partial charge in [0.1, 0.15) is 5.52 Å². The molecule has 0 amide bonds. The lowest BCUT2D eigenvalue weighted by molar-refractivity contribution is 0.546. The number of hydrogen-bond donors (Lipinski definition) is 2. The topological polar surface area (TPSA) is 80.5 Å². The number of aromatic nitrogens is 4. The van der Waals surface area contributed by atoms with Gasteiger partial charge in [0, 0.05) is 0 Å². The van der Waals surface area contributed by atoms with E-state index in [0.29, 0.717) is 5.52 Å². The Morgan fingerprint density at radius 2 is 2.27 bits per heavy atom. The molecule has 0 spiro atoms. The minimum Gasteiger partial charge on any atom is -0.382 e. The van der Waals surface area contributed by atoms with Crippen LogP contribution in [0.25, 0.3) is 11.2 Å². The zero-order valence-corrected chi connectivity index (χ0v) is 5.37. The second-order valence-electron chi connectivity index (χ2n) is 1.98. The van der Waals surface area contributed by atoms with E-state index in [4.69, 9.17) is 5.73 Å². The summed E-state index contributed by atoms with van der Waals surface area (Å²) in [5.74, 6) is 0.0741. The van der Waals surface area contributed by atoms with Crippen molar-refractivity contribution in [1.82, 2.24) is 19.9 Å². The zero-order valence-electron chi connectivity index (χ0n) is 5.37. The third-order valence-corrected chi connectivity index (χ3v) is 1.29. The van der Waals surface area contributed by atoms with Crippen molar-refractivity contribution >= 4 is 17.0 Å². The van der Waals surface area contributed by atoms with Crippen LogP contribution in [0.2, 0.25) is 0 Å². The molecule has 0 bridgehead atoms. The van der Waals surface area contributed by atoms with Crippen LogP contribution in [-0.2, 0) is 0 Å². The lowest BCUT2D eigenvalue weighted by atomic mass is 10.5. The van der Waals surface area contributed by atoms with Crippen molar-refractivity contribution in [3.8, 4) is 0 Å². The maximum atomic E-state index is 12.4. The molecule has 0 aliphatic rings. The normalized spacial score (nSPS) is 10.6. The van der Waals surface area contributed by atoms with Crippen molar-refractivity contribution in [1.29, 1.82) is 0 Å². The van der Waals surface area contributed by atoms with Gasteiger partial charge in [-0.15, -0.1) is 0 Å². The molecule has 6 heteroatoms. The van der Waals surface area contributed by atoms with E-state index in [-0.39, 0.29) is 11.5 Å². The van der Waals surface area contributed by atoms with Gasteiger partial charge in [-0.1, -0.05) is 0 Å². The third kappa shape index (κ3) is 0.794. The molecule has 0 radical (unpaired) electrons. The standard InChI is InChI=1S/C5H4FN5/c6-5-10-3(7)2-4(11-5)9-1-8-2/h1H,(H3,7,8,9,10,11). The molecule has 3 N–H and O–H groups in total. The highest BCUT2D eigenvalue weighted by Gasteiger charge is 2.04. The molecule has 2 rings (SSSR count). The molecular formula is C5H4FN5. The Bertz CT molecular complexity index is 395. The first-order chi connectivity index (χ1) is 5.27. The van der Waals surface area contributed by atoms with E-state index >= 15 is 0 Å². The summed E-state index contributed by atoms with van der Waals surface area (Å²) in [6, 6.07) is 0. The molecule has 0 saturated carbocycles. The van der Waals surface area contributed by atoms with Gasteiger partial charge in [0.25, 0.3) is 0 Å². The van der Waals surface area contributed by atoms with E-state index in [1.165, 1.54) is 6.33 Å². The number of halogens is 1. The highest BCUT2D eigenvalue weighted by Crippen LogP contribution is 2.11. The number of nitrogens with two attached hydrogens (primary N) is 1. The predicted molar refractivity (Wildman–Crippen MR) is 36.1 cm³/mol. The summed E-state index contributed by atoms with van der Waals surface area (Å²) in [7, 11) is 0. The summed E-state index contributed by atoms with van der Waals surface area (Å²) >= 11 is 0. The molecule has 5 nitrogen and oxygen atoms in total. The Hall–Kier alpha value is -1.72. The van der Waals surface area contributed by atoms with Crippen molar-refractivity contribution in [2.75, 3.05) is 5.73 Å². The second kappa shape index (κ2) is 1.88. The van der Waals surface area contributed by atoms with Gasteiger partial charge in [-0.25, -0.2) is 4.98 Å². The molecule has 0 fully saturated rings. The average Bonchev–Trinajstić information content (AvgIpc) is 2.34. The fraction of sp³-hybridized carbons (Fsp3) is 0. The first kappa shape index (κ1) is 6.02. The average molecular weight is 153 g/mol. The van der Waals surface area contributed by atoms with E-state index in [1.807, 2.05) is 0 Å². The first-order valence-corrected chi connectivity index (χ1v) is 2.89. The van der Waals surface area contributed by atoms with Gasteiger partial charge >= 0.3 is 6.08 Å². The van der Waals surface area contributed by atoms with E-state index in [9.17, 15) is 4.39 Å². The van der Waals surface area contributed by atoms with Gasteiger partial charge in [-0.3, -0.25) is 0 Å². The lowest BCUT2D eigenvalue weighted by Crippen LogP contribution is -1.97. The summed E-state index contributed by atoms with van der Waals surface area (Å²) < 4.78 is 12.4. The van der Waals surface area contributed by atoms with Gasteiger partial charge < -0.3 is 10.7 Å². The van der Waals surface area contributed by atoms with Crippen LogP contribution in [0.3, 0.4) is 0 Å². The van der Waals surface area contributed by atoms with E-state index in [0.717, 1.165) is 0 Å². The van der Waals surface area contributed by atoms with Crippen LogP contribution < -0.4 is 5.73 Å². The quantitative estimate of drug-likeness (QED) is 0.525. The second-order valence-corrected chi connectivity index (χ2v) is 1.98. The summed E-state index contributed by atoms with van der Waals surface area (Å²) in [5.41, 5.74) is 6.05. The number of fused-ring (bicyclic) bond motifs is 1. The van der Waals surface area contributed by atoms with Gasteiger partial charge in [-0.2, -0.15) is 14.4 Å². The van der Waals surface area contributed by atoms with Crippen LogP contribution in [0.4, 0.5) is 10.2 Å². The van der Waals surface area contributed by atoms with Crippen molar-refractivity contribution in [2.24, 2.45) is 0 Å². The molecule has 2 heterocycles.